The number of hydrogen-bond donors (Lipinski definition) is 2. The van der Waals surface area contributed by atoms with Gasteiger partial charge < -0.3 is 10.2 Å². The number of hydrogen-bond acceptors (Lipinski definition) is 4. The first-order chi connectivity index (χ1) is 12.1. The highest BCUT2D eigenvalue weighted by Crippen LogP contribution is 2.33. The molecule has 0 aromatic heterocycles. The highest BCUT2D eigenvalue weighted by atomic mass is 35.5. The number of carboxylic acid groups (broad SMARTS) is 1. The molecule has 0 aliphatic rings. The van der Waals surface area contributed by atoms with E-state index in [4.69, 9.17) is 23.2 Å². The van der Waals surface area contributed by atoms with Crippen LogP contribution in [0, 0.1) is 0 Å². The summed E-state index contributed by atoms with van der Waals surface area (Å²) in [5.74, 6) is -1.20. The van der Waals surface area contributed by atoms with Gasteiger partial charge in [0.05, 0.1) is 4.90 Å². The minimum absolute atomic E-state index is 0.0297. The number of benzene rings is 2. The summed E-state index contributed by atoms with van der Waals surface area (Å²) in [7, 11) is -3.38. The molecule has 0 radical (unpaired) electrons. The average molecular weight is 415 g/mol. The normalized spacial score (nSPS) is 12.6. The zero-order chi connectivity index (χ0) is 19.5. The first kappa shape index (κ1) is 20.5. The van der Waals surface area contributed by atoms with Crippen LogP contribution < -0.4 is 0 Å². The van der Waals surface area contributed by atoms with Crippen molar-refractivity contribution in [2.24, 2.45) is 0 Å². The molecule has 2 rings (SSSR count). The van der Waals surface area contributed by atoms with Crippen molar-refractivity contribution in [2.45, 2.75) is 11.3 Å². The molecule has 0 fully saturated rings. The van der Waals surface area contributed by atoms with Gasteiger partial charge in [-0.15, -0.1) is 0 Å². The van der Waals surface area contributed by atoms with Crippen LogP contribution in [0.5, 0.6) is 0 Å². The molecule has 2 N–H and O–H groups in total. The summed E-state index contributed by atoms with van der Waals surface area (Å²) >= 11 is 12.1. The first-order valence-electron chi connectivity index (χ1n) is 7.47. The molecule has 0 saturated carbocycles. The Morgan fingerprint density at radius 2 is 1.54 bits per heavy atom. The van der Waals surface area contributed by atoms with E-state index in [-0.39, 0.29) is 23.5 Å². The number of aliphatic hydroxyl groups excluding tert-OH is 1. The van der Waals surface area contributed by atoms with E-state index in [1.54, 1.807) is 12.1 Å². The van der Waals surface area contributed by atoms with Crippen molar-refractivity contribution in [3.63, 3.8) is 0 Å². The Kier molecular flexibility index (Phi) is 6.47. The Balaban J connectivity index is 2.76. The molecule has 138 valence electrons. The second kappa shape index (κ2) is 8.22. The number of halogens is 2. The molecule has 2 aromatic rings. The van der Waals surface area contributed by atoms with Crippen LogP contribution in [-0.4, -0.2) is 37.5 Å². The van der Waals surface area contributed by atoms with Gasteiger partial charge in [0.1, 0.15) is 0 Å². The molecule has 0 spiro atoms. The molecule has 8 heteroatoms. The molecule has 0 aliphatic heterocycles. The first-order valence-corrected chi connectivity index (χ1v) is 10.1. The highest BCUT2D eigenvalue weighted by Gasteiger charge is 2.19. The summed E-state index contributed by atoms with van der Waals surface area (Å²) < 4.78 is 23.3. The standard InChI is InChI=1S/C18H16Cl2O5S/c1-26(24,25)15-4-2-11(3-5-15)17(16(6-7-21)18(22)23)12-8-13(19)10-14(20)9-12/h2-5,8-10,21H,6-7H2,1H3,(H,22,23). The zero-order valence-corrected chi connectivity index (χ0v) is 16.1. The molecule has 0 bridgehead atoms. The minimum atomic E-state index is -3.38. The van der Waals surface area contributed by atoms with Crippen LogP contribution in [0.4, 0.5) is 0 Å². The van der Waals surface area contributed by atoms with Crippen LogP contribution in [0.1, 0.15) is 17.5 Å². The quantitative estimate of drug-likeness (QED) is 0.703. The summed E-state index contributed by atoms with van der Waals surface area (Å²) in [5.41, 5.74) is 1.22. The third-order valence-corrected chi connectivity index (χ3v) is 5.21. The molecule has 2 aromatic carbocycles. The summed E-state index contributed by atoms with van der Waals surface area (Å²) in [5, 5.41) is 19.5. The van der Waals surface area contributed by atoms with Crippen molar-refractivity contribution >= 4 is 44.6 Å². The zero-order valence-electron chi connectivity index (χ0n) is 13.7. The third-order valence-electron chi connectivity index (χ3n) is 3.64. The van der Waals surface area contributed by atoms with Crippen LogP contribution in [0.2, 0.25) is 10.0 Å². The second-order valence-electron chi connectivity index (χ2n) is 5.59. The summed E-state index contributed by atoms with van der Waals surface area (Å²) in [6, 6.07) is 10.5. The van der Waals surface area contributed by atoms with Crippen molar-refractivity contribution in [2.75, 3.05) is 12.9 Å². The van der Waals surface area contributed by atoms with E-state index in [2.05, 4.69) is 0 Å². The van der Waals surface area contributed by atoms with Gasteiger partial charge in [-0.2, -0.15) is 0 Å². The van der Waals surface area contributed by atoms with Crippen LogP contribution in [-0.2, 0) is 14.6 Å². The van der Waals surface area contributed by atoms with Crippen molar-refractivity contribution in [3.8, 4) is 0 Å². The number of sulfone groups is 1. The molecule has 26 heavy (non-hydrogen) atoms. The number of aliphatic carboxylic acids is 1. The fourth-order valence-corrected chi connectivity index (χ4v) is 3.69. The van der Waals surface area contributed by atoms with E-state index in [0.717, 1.165) is 6.26 Å². The maximum Gasteiger partial charge on any atom is 0.332 e. The second-order valence-corrected chi connectivity index (χ2v) is 8.48. The van der Waals surface area contributed by atoms with Crippen molar-refractivity contribution < 1.29 is 23.4 Å². The van der Waals surface area contributed by atoms with E-state index >= 15 is 0 Å². The maximum atomic E-state index is 11.7. The molecule has 5 nitrogen and oxygen atoms in total. The summed E-state index contributed by atoms with van der Waals surface area (Å²) in [4.78, 5) is 11.9. The van der Waals surface area contributed by atoms with E-state index in [9.17, 15) is 23.4 Å². The topological polar surface area (TPSA) is 91.7 Å². The predicted molar refractivity (Wildman–Crippen MR) is 101 cm³/mol. The summed E-state index contributed by atoms with van der Waals surface area (Å²) in [6.45, 7) is -0.360. The largest absolute Gasteiger partial charge is 0.478 e. The van der Waals surface area contributed by atoms with Crippen LogP contribution >= 0.6 is 23.2 Å². The van der Waals surface area contributed by atoms with Gasteiger partial charge in [0.2, 0.25) is 0 Å². The maximum absolute atomic E-state index is 11.7. The van der Waals surface area contributed by atoms with Crippen LogP contribution in [0.3, 0.4) is 0 Å². The molecule has 0 heterocycles. The van der Waals surface area contributed by atoms with Crippen molar-refractivity contribution in [1.82, 2.24) is 0 Å². The lowest BCUT2D eigenvalue weighted by Crippen LogP contribution is -2.08. The van der Waals surface area contributed by atoms with Gasteiger partial charge in [0.25, 0.3) is 0 Å². The third kappa shape index (κ3) is 4.86. The Labute approximate surface area is 161 Å². The molecule has 0 unspecified atom stereocenters. The Bertz CT molecular complexity index is 943. The lowest BCUT2D eigenvalue weighted by molar-refractivity contribution is -0.132. The van der Waals surface area contributed by atoms with Gasteiger partial charge >= 0.3 is 5.97 Å². The van der Waals surface area contributed by atoms with Gasteiger partial charge in [0, 0.05) is 34.9 Å². The smallest absolute Gasteiger partial charge is 0.332 e. The molecular weight excluding hydrogens is 399 g/mol. The van der Waals surface area contributed by atoms with Gasteiger partial charge in [-0.3, -0.25) is 0 Å². The number of aliphatic hydroxyl groups is 1. The Morgan fingerprint density at radius 3 is 1.96 bits per heavy atom. The Hall–Kier alpha value is -1.86. The fraction of sp³-hybridized carbons (Fsp3) is 0.167. The van der Waals surface area contributed by atoms with E-state index < -0.39 is 15.8 Å². The molecule has 0 amide bonds. The molecular formula is C18H16Cl2O5S. The monoisotopic (exact) mass is 414 g/mol. The fourth-order valence-electron chi connectivity index (χ4n) is 2.53. The molecule has 0 aliphatic carbocycles. The van der Waals surface area contributed by atoms with Crippen molar-refractivity contribution in [3.05, 3.63) is 69.2 Å². The highest BCUT2D eigenvalue weighted by molar-refractivity contribution is 7.90. The number of rotatable bonds is 6. The lowest BCUT2D eigenvalue weighted by Gasteiger charge is -2.14. The van der Waals surface area contributed by atoms with E-state index in [1.165, 1.54) is 30.3 Å². The SMILES string of the molecule is CS(=O)(=O)c1ccc(C(=C(CCO)C(=O)O)c2cc(Cl)cc(Cl)c2)cc1. The molecule has 0 saturated heterocycles. The van der Waals surface area contributed by atoms with Crippen molar-refractivity contribution in [1.29, 1.82) is 0 Å². The van der Waals surface area contributed by atoms with E-state index in [1.807, 2.05) is 0 Å². The summed E-state index contributed by atoms with van der Waals surface area (Å²) in [6.07, 6.45) is 0.993. The Morgan fingerprint density at radius 1 is 1.00 bits per heavy atom. The van der Waals surface area contributed by atoms with Crippen LogP contribution in [0.15, 0.2) is 52.9 Å². The van der Waals surface area contributed by atoms with Gasteiger partial charge in [0.15, 0.2) is 9.84 Å². The number of carboxylic acids is 1. The van der Waals surface area contributed by atoms with Gasteiger partial charge in [-0.25, -0.2) is 13.2 Å². The van der Waals surface area contributed by atoms with E-state index in [0.29, 0.717) is 26.7 Å². The number of carbonyl (C=O) groups is 1. The predicted octanol–water partition coefficient (Wildman–Crippen LogP) is 3.67. The average Bonchev–Trinajstić information content (AvgIpc) is 2.53. The minimum Gasteiger partial charge on any atom is -0.478 e. The van der Waals surface area contributed by atoms with Gasteiger partial charge in [-0.05, 0) is 47.0 Å². The van der Waals surface area contributed by atoms with Gasteiger partial charge in [-0.1, -0.05) is 35.3 Å². The van der Waals surface area contributed by atoms with Crippen LogP contribution in [0.25, 0.3) is 5.57 Å². The molecule has 0 atom stereocenters. The lowest BCUT2D eigenvalue weighted by atomic mass is 9.91.